The molecule has 0 atom stereocenters. The summed E-state index contributed by atoms with van der Waals surface area (Å²) in [7, 11) is 0. The van der Waals surface area contributed by atoms with Gasteiger partial charge in [0.2, 0.25) is 0 Å². The highest BCUT2D eigenvalue weighted by atomic mass is 32.1. The number of hydrogen-bond donors (Lipinski definition) is 3. The SMILES string of the molecule is O=C(O)C=Cc1ccc(C=NNC(=O)c2ccccc2NC(=O)c2cccs2)cc1. The van der Waals surface area contributed by atoms with E-state index in [2.05, 4.69) is 15.8 Å². The second-order valence-electron chi connectivity index (χ2n) is 6.01. The number of rotatable bonds is 7. The van der Waals surface area contributed by atoms with Crippen molar-refractivity contribution >= 4 is 47.1 Å². The van der Waals surface area contributed by atoms with Crippen LogP contribution in [-0.2, 0) is 4.79 Å². The van der Waals surface area contributed by atoms with Crippen LogP contribution in [0.15, 0.2) is 77.2 Å². The van der Waals surface area contributed by atoms with Gasteiger partial charge in [0.05, 0.1) is 22.3 Å². The number of hydrogen-bond acceptors (Lipinski definition) is 5. The van der Waals surface area contributed by atoms with E-state index in [0.29, 0.717) is 10.6 Å². The zero-order valence-electron chi connectivity index (χ0n) is 15.6. The van der Waals surface area contributed by atoms with Crippen LogP contribution in [0.1, 0.15) is 31.2 Å². The van der Waals surface area contributed by atoms with Crippen LogP contribution in [-0.4, -0.2) is 29.1 Å². The van der Waals surface area contributed by atoms with E-state index in [0.717, 1.165) is 17.2 Å². The second kappa shape index (κ2) is 9.94. The van der Waals surface area contributed by atoms with Gasteiger partial charge in [-0.05, 0) is 40.8 Å². The van der Waals surface area contributed by atoms with E-state index < -0.39 is 11.9 Å². The summed E-state index contributed by atoms with van der Waals surface area (Å²) in [5.41, 5.74) is 4.57. The van der Waals surface area contributed by atoms with E-state index in [-0.39, 0.29) is 11.5 Å². The molecule has 8 heteroatoms. The number of benzene rings is 2. The van der Waals surface area contributed by atoms with Crippen LogP contribution in [0.5, 0.6) is 0 Å². The lowest BCUT2D eigenvalue weighted by atomic mass is 10.1. The highest BCUT2D eigenvalue weighted by Gasteiger charge is 2.14. The Kier molecular flexibility index (Phi) is 6.86. The van der Waals surface area contributed by atoms with Crippen molar-refractivity contribution in [3.63, 3.8) is 0 Å². The van der Waals surface area contributed by atoms with Gasteiger partial charge in [-0.3, -0.25) is 9.59 Å². The molecule has 3 rings (SSSR count). The number of para-hydroxylation sites is 1. The van der Waals surface area contributed by atoms with Crippen molar-refractivity contribution in [2.24, 2.45) is 5.10 Å². The predicted molar refractivity (Wildman–Crippen MR) is 117 cm³/mol. The third-order valence-electron chi connectivity index (χ3n) is 3.90. The van der Waals surface area contributed by atoms with E-state index in [1.807, 2.05) is 0 Å². The monoisotopic (exact) mass is 419 g/mol. The van der Waals surface area contributed by atoms with Gasteiger partial charge in [-0.1, -0.05) is 42.5 Å². The maximum atomic E-state index is 12.5. The average Bonchev–Trinajstić information content (AvgIpc) is 3.28. The number of aliphatic carboxylic acids is 1. The van der Waals surface area contributed by atoms with Gasteiger partial charge in [0.25, 0.3) is 11.8 Å². The number of nitrogens with zero attached hydrogens (tertiary/aromatic N) is 1. The van der Waals surface area contributed by atoms with Crippen molar-refractivity contribution in [2.75, 3.05) is 5.32 Å². The van der Waals surface area contributed by atoms with Crippen LogP contribution in [0, 0.1) is 0 Å². The molecule has 2 amide bonds. The van der Waals surface area contributed by atoms with E-state index >= 15 is 0 Å². The highest BCUT2D eigenvalue weighted by molar-refractivity contribution is 7.12. The number of carbonyl (C=O) groups excluding carboxylic acids is 2. The molecule has 0 aliphatic carbocycles. The van der Waals surface area contributed by atoms with Gasteiger partial charge in [-0.25, -0.2) is 10.2 Å². The molecule has 0 aliphatic heterocycles. The molecule has 3 N–H and O–H groups in total. The highest BCUT2D eigenvalue weighted by Crippen LogP contribution is 2.18. The number of anilines is 1. The fraction of sp³-hybridized carbons (Fsp3) is 0. The van der Waals surface area contributed by atoms with Crippen molar-refractivity contribution in [2.45, 2.75) is 0 Å². The summed E-state index contributed by atoms with van der Waals surface area (Å²) >= 11 is 1.31. The molecule has 150 valence electrons. The fourth-order valence-corrected chi connectivity index (χ4v) is 3.09. The number of amides is 2. The summed E-state index contributed by atoms with van der Waals surface area (Å²) in [4.78, 5) is 35.8. The van der Waals surface area contributed by atoms with Gasteiger partial charge in [0.1, 0.15) is 0 Å². The lowest BCUT2D eigenvalue weighted by Crippen LogP contribution is -2.21. The Morgan fingerprint density at radius 1 is 0.900 bits per heavy atom. The molecular formula is C22H17N3O4S. The molecule has 1 heterocycles. The van der Waals surface area contributed by atoms with Gasteiger partial charge in [-0.15, -0.1) is 11.3 Å². The predicted octanol–water partition coefficient (Wildman–Crippen LogP) is 3.86. The largest absolute Gasteiger partial charge is 0.478 e. The molecule has 0 saturated carbocycles. The first-order valence-corrected chi connectivity index (χ1v) is 9.69. The second-order valence-corrected chi connectivity index (χ2v) is 6.96. The third-order valence-corrected chi connectivity index (χ3v) is 4.77. The van der Waals surface area contributed by atoms with Crippen LogP contribution in [0.3, 0.4) is 0 Å². The Morgan fingerprint density at radius 3 is 2.33 bits per heavy atom. The van der Waals surface area contributed by atoms with Crippen molar-refractivity contribution in [3.8, 4) is 0 Å². The smallest absolute Gasteiger partial charge is 0.328 e. The fourth-order valence-electron chi connectivity index (χ4n) is 2.47. The van der Waals surface area contributed by atoms with Crippen molar-refractivity contribution < 1.29 is 19.5 Å². The number of carboxylic acid groups (broad SMARTS) is 1. The van der Waals surface area contributed by atoms with Crippen molar-refractivity contribution in [1.82, 2.24) is 5.43 Å². The maximum absolute atomic E-state index is 12.5. The molecule has 2 aromatic carbocycles. The van der Waals surface area contributed by atoms with E-state index in [1.54, 1.807) is 66.0 Å². The lowest BCUT2D eigenvalue weighted by molar-refractivity contribution is -0.131. The number of thiophene rings is 1. The average molecular weight is 419 g/mol. The molecule has 0 radical (unpaired) electrons. The quantitative estimate of drug-likeness (QED) is 0.307. The van der Waals surface area contributed by atoms with Crippen LogP contribution in [0.4, 0.5) is 5.69 Å². The van der Waals surface area contributed by atoms with Crippen molar-refractivity contribution in [1.29, 1.82) is 0 Å². The summed E-state index contributed by atoms with van der Waals surface area (Å²) < 4.78 is 0. The van der Waals surface area contributed by atoms with E-state index in [4.69, 9.17) is 5.11 Å². The molecule has 7 nitrogen and oxygen atoms in total. The molecule has 3 aromatic rings. The standard InChI is InChI=1S/C22H17N3O4S/c26-20(27)12-11-15-7-9-16(10-8-15)14-23-25-21(28)17-4-1-2-5-18(17)24-22(29)19-6-3-13-30-19/h1-14H,(H,24,29)(H,25,28)(H,26,27). The molecule has 0 saturated heterocycles. The Labute approximate surface area is 176 Å². The van der Waals surface area contributed by atoms with Gasteiger partial charge < -0.3 is 10.4 Å². The van der Waals surface area contributed by atoms with E-state index in [9.17, 15) is 14.4 Å². The molecule has 1 aromatic heterocycles. The number of hydrazone groups is 1. The summed E-state index contributed by atoms with van der Waals surface area (Å²) in [6, 6.07) is 17.1. The number of carboxylic acids is 1. The van der Waals surface area contributed by atoms with Gasteiger partial charge >= 0.3 is 5.97 Å². The van der Waals surface area contributed by atoms with Gasteiger partial charge in [0.15, 0.2) is 0 Å². The number of nitrogens with one attached hydrogen (secondary N) is 2. The summed E-state index contributed by atoms with van der Waals surface area (Å²) in [5.74, 6) is -1.77. The zero-order chi connectivity index (χ0) is 21.3. The first kappa shape index (κ1) is 20.7. The Bertz CT molecular complexity index is 1100. The lowest BCUT2D eigenvalue weighted by Gasteiger charge is -2.09. The van der Waals surface area contributed by atoms with Gasteiger partial charge in [0, 0.05) is 6.08 Å². The summed E-state index contributed by atoms with van der Waals surface area (Å²) in [6.07, 6.45) is 4.00. The van der Waals surface area contributed by atoms with Crippen molar-refractivity contribution in [3.05, 3.63) is 93.7 Å². The molecule has 0 bridgehead atoms. The van der Waals surface area contributed by atoms with Crippen LogP contribution in [0.25, 0.3) is 6.08 Å². The molecule has 0 fully saturated rings. The molecule has 30 heavy (non-hydrogen) atoms. The Balaban J connectivity index is 1.63. The first-order chi connectivity index (χ1) is 14.5. The first-order valence-electron chi connectivity index (χ1n) is 8.81. The molecule has 0 aliphatic rings. The molecular weight excluding hydrogens is 402 g/mol. The molecule has 0 spiro atoms. The normalized spacial score (nSPS) is 10.9. The third kappa shape index (κ3) is 5.73. The zero-order valence-corrected chi connectivity index (χ0v) is 16.4. The van der Waals surface area contributed by atoms with Gasteiger partial charge in [-0.2, -0.15) is 5.10 Å². The Morgan fingerprint density at radius 2 is 1.63 bits per heavy atom. The topological polar surface area (TPSA) is 108 Å². The van der Waals surface area contributed by atoms with E-state index in [1.165, 1.54) is 23.6 Å². The van der Waals surface area contributed by atoms with Crippen LogP contribution >= 0.6 is 11.3 Å². The number of carbonyl (C=O) groups is 3. The minimum Gasteiger partial charge on any atom is -0.478 e. The summed E-state index contributed by atoms with van der Waals surface area (Å²) in [6.45, 7) is 0. The van der Waals surface area contributed by atoms with Crippen LogP contribution < -0.4 is 10.7 Å². The Hall–Kier alpha value is -4.04. The molecule has 0 unspecified atom stereocenters. The summed E-state index contributed by atoms with van der Waals surface area (Å²) in [5, 5.41) is 17.1. The minimum absolute atomic E-state index is 0.286. The van der Waals surface area contributed by atoms with Crippen LogP contribution in [0.2, 0.25) is 0 Å². The maximum Gasteiger partial charge on any atom is 0.328 e. The minimum atomic E-state index is -1.02.